The first kappa shape index (κ1) is 26.7. The molecule has 4 heterocycles. The number of fused-ring (bicyclic) bond motifs is 1. The lowest BCUT2D eigenvalue weighted by Crippen LogP contribution is -2.60. The zero-order valence-corrected chi connectivity index (χ0v) is 22.1. The number of carbonyl (C=O) groups is 2. The van der Waals surface area contributed by atoms with Crippen molar-refractivity contribution in [2.24, 2.45) is 5.92 Å². The summed E-state index contributed by atoms with van der Waals surface area (Å²) in [6.45, 7) is 16.4. The summed E-state index contributed by atoms with van der Waals surface area (Å²) in [5, 5.41) is 3.44. The van der Waals surface area contributed by atoms with Crippen molar-refractivity contribution in [1.29, 1.82) is 0 Å². The number of aromatic nitrogens is 1. The maximum absolute atomic E-state index is 14.7. The molecular weight excluding hydrogens is 464 g/mol. The van der Waals surface area contributed by atoms with E-state index in [1.165, 1.54) is 12.3 Å². The number of likely N-dealkylation sites (tertiary alicyclic amines) is 1. The molecule has 0 saturated carbocycles. The first-order chi connectivity index (χ1) is 16.8. The van der Waals surface area contributed by atoms with Crippen molar-refractivity contribution in [3.63, 3.8) is 0 Å². The third-order valence-corrected chi connectivity index (χ3v) is 7.69. The van der Waals surface area contributed by atoms with Crippen molar-refractivity contribution in [3.05, 3.63) is 35.8 Å². The van der Waals surface area contributed by atoms with Gasteiger partial charge in [-0.15, -0.1) is 0 Å². The molecule has 1 N–H and O–H groups in total. The second-order valence-corrected chi connectivity index (χ2v) is 11.5. The van der Waals surface area contributed by atoms with Gasteiger partial charge in [-0.05, 0) is 18.9 Å². The summed E-state index contributed by atoms with van der Waals surface area (Å²) in [5.74, 6) is -2.84. The molecule has 2 fully saturated rings. The predicted octanol–water partition coefficient (Wildman–Crippen LogP) is 3.64. The van der Waals surface area contributed by atoms with E-state index in [9.17, 15) is 18.4 Å². The van der Waals surface area contributed by atoms with Crippen molar-refractivity contribution in [3.8, 4) is 0 Å². The summed E-state index contributed by atoms with van der Waals surface area (Å²) >= 11 is 0. The summed E-state index contributed by atoms with van der Waals surface area (Å²) in [4.78, 5) is 35.8. The number of hydrogen-bond acceptors (Lipinski definition) is 5. The fraction of sp³-hybridized carbons (Fsp3) is 0.667. The van der Waals surface area contributed by atoms with Crippen LogP contribution in [-0.2, 0) is 20.9 Å². The number of nitrogens with zero attached hydrogens (tertiary/aromatic N) is 4. The second-order valence-electron chi connectivity index (χ2n) is 11.5. The zero-order valence-electron chi connectivity index (χ0n) is 22.1. The molecule has 0 spiro atoms. The molecule has 2 saturated heterocycles. The van der Waals surface area contributed by atoms with E-state index in [4.69, 9.17) is 0 Å². The smallest absolute Gasteiger partial charge is 0.289 e. The monoisotopic (exact) mass is 503 g/mol. The van der Waals surface area contributed by atoms with Crippen LogP contribution in [0.4, 0.5) is 14.5 Å². The van der Waals surface area contributed by atoms with Gasteiger partial charge in [-0.2, -0.15) is 8.78 Å². The highest BCUT2D eigenvalue weighted by Gasteiger charge is 2.43. The van der Waals surface area contributed by atoms with Crippen LogP contribution in [0.25, 0.3) is 0 Å². The van der Waals surface area contributed by atoms with Gasteiger partial charge in [0.1, 0.15) is 5.69 Å². The van der Waals surface area contributed by atoms with Crippen molar-refractivity contribution in [1.82, 2.24) is 20.1 Å². The van der Waals surface area contributed by atoms with E-state index in [1.54, 1.807) is 16.7 Å². The molecule has 3 atom stereocenters. The SMILES string of the molecule is C=C([C@H]1CN[C@H](C)CN1CC(=O)N1CC(C)(C)c2cnc(C(F)(F)CCC)cc21)N1C[C@@H](C)CC1=O. The third-order valence-electron chi connectivity index (χ3n) is 7.69. The number of nitrogens with one attached hydrogen (secondary N) is 1. The average Bonchev–Trinajstić information content (AvgIpc) is 3.28. The Hall–Kier alpha value is -2.39. The topological polar surface area (TPSA) is 68.8 Å². The van der Waals surface area contributed by atoms with Gasteiger partial charge in [0.25, 0.3) is 5.92 Å². The maximum Gasteiger partial charge on any atom is 0.289 e. The van der Waals surface area contributed by atoms with Gasteiger partial charge in [0.2, 0.25) is 11.8 Å². The van der Waals surface area contributed by atoms with E-state index >= 15 is 0 Å². The lowest BCUT2D eigenvalue weighted by atomic mass is 9.88. The number of rotatable bonds is 7. The molecule has 36 heavy (non-hydrogen) atoms. The maximum atomic E-state index is 14.7. The minimum absolute atomic E-state index is 0.0701. The Morgan fingerprint density at radius 2 is 2.00 bits per heavy atom. The van der Waals surface area contributed by atoms with Gasteiger partial charge in [-0.25, -0.2) is 0 Å². The Bertz CT molecular complexity index is 1040. The highest BCUT2D eigenvalue weighted by molar-refractivity contribution is 5.97. The van der Waals surface area contributed by atoms with Crippen LogP contribution in [0.15, 0.2) is 24.5 Å². The van der Waals surface area contributed by atoms with E-state index < -0.39 is 11.3 Å². The Kier molecular flexibility index (Phi) is 7.27. The summed E-state index contributed by atoms with van der Waals surface area (Å²) < 4.78 is 29.4. The molecule has 9 heteroatoms. The van der Waals surface area contributed by atoms with Crippen molar-refractivity contribution in [2.45, 2.75) is 77.3 Å². The highest BCUT2D eigenvalue weighted by atomic mass is 19.3. The molecule has 4 rings (SSSR count). The number of anilines is 1. The van der Waals surface area contributed by atoms with Crippen molar-refractivity contribution in [2.75, 3.05) is 37.6 Å². The van der Waals surface area contributed by atoms with Crippen LogP contribution in [0, 0.1) is 5.92 Å². The number of halogens is 2. The van der Waals surface area contributed by atoms with Crippen LogP contribution in [0.3, 0.4) is 0 Å². The van der Waals surface area contributed by atoms with Crippen LogP contribution in [0.5, 0.6) is 0 Å². The normalized spacial score (nSPS) is 26.4. The number of amides is 2. The lowest BCUT2D eigenvalue weighted by Gasteiger charge is -2.42. The first-order valence-corrected chi connectivity index (χ1v) is 13.0. The van der Waals surface area contributed by atoms with E-state index in [0.29, 0.717) is 50.4 Å². The average molecular weight is 504 g/mol. The van der Waals surface area contributed by atoms with E-state index in [0.717, 1.165) is 5.56 Å². The second kappa shape index (κ2) is 9.82. The molecule has 0 unspecified atom stereocenters. The van der Waals surface area contributed by atoms with Crippen molar-refractivity contribution >= 4 is 17.5 Å². The quantitative estimate of drug-likeness (QED) is 0.615. The van der Waals surface area contributed by atoms with Crippen LogP contribution < -0.4 is 10.2 Å². The molecule has 2 amide bonds. The largest absolute Gasteiger partial charge is 0.315 e. The molecule has 1 aromatic rings. The standard InChI is InChI=1S/C27H39F2N5O2/c1-7-8-27(28,29)23-10-21-20(11-31-23)26(5,6)16-34(21)25(36)15-32-14-18(3)30-12-22(32)19(4)33-13-17(2)9-24(33)35/h10-11,17-18,22,30H,4,7-9,12-16H2,1-3,5-6H3/t17-,18+,22+/m0/s1. The zero-order chi connectivity index (χ0) is 26.4. The number of pyridine rings is 1. The molecule has 1 aromatic heterocycles. The van der Waals surface area contributed by atoms with Gasteiger partial charge in [-0.1, -0.05) is 40.7 Å². The number of alkyl halides is 2. The fourth-order valence-electron chi connectivity index (χ4n) is 5.71. The molecule has 198 valence electrons. The van der Waals surface area contributed by atoms with Gasteiger partial charge in [0.05, 0.1) is 18.3 Å². The number of piperazine rings is 1. The van der Waals surface area contributed by atoms with Crippen LogP contribution in [0.1, 0.15) is 65.1 Å². The summed E-state index contributed by atoms with van der Waals surface area (Å²) in [6, 6.07) is 1.37. The Balaban J connectivity index is 1.58. The molecule has 7 nitrogen and oxygen atoms in total. The minimum Gasteiger partial charge on any atom is -0.315 e. The third kappa shape index (κ3) is 5.05. The Morgan fingerprint density at radius 3 is 2.64 bits per heavy atom. The summed E-state index contributed by atoms with van der Waals surface area (Å²) in [7, 11) is 0. The molecule has 3 aliphatic heterocycles. The number of hydrogen-bond donors (Lipinski definition) is 1. The molecular formula is C27H39F2N5O2. The summed E-state index contributed by atoms with van der Waals surface area (Å²) in [6.07, 6.45) is 2.07. The number of carbonyl (C=O) groups excluding carboxylic acids is 2. The molecule has 0 aliphatic carbocycles. The van der Waals surface area contributed by atoms with Crippen LogP contribution >= 0.6 is 0 Å². The molecule has 0 radical (unpaired) electrons. The fourth-order valence-corrected chi connectivity index (χ4v) is 5.71. The molecule has 0 aromatic carbocycles. The van der Waals surface area contributed by atoms with Gasteiger partial charge >= 0.3 is 0 Å². The molecule has 3 aliphatic rings. The van der Waals surface area contributed by atoms with Crippen LogP contribution in [0.2, 0.25) is 0 Å². The lowest BCUT2D eigenvalue weighted by molar-refractivity contribution is -0.126. The van der Waals surface area contributed by atoms with E-state index in [-0.39, 0.29) is 48.5 Å². The highest BCUT2D eigenvalue weighted by Crippen LogP contribution is 2.43. The Labute approximate surface area is 212 Å². The van der Waals surface area contributed by atoms with Gasteiger partial charge in [0.15, 0.2) is 0 Å². The van der Waals surface area contributed by atoms with Gasteiger partial charge < -0.3 is 15.1 Å². The van der Waals surface area contributed by atoms with E-state index in [2.05, 4.69) is 28.7 Å². The summed E-state index contributed by atoms with van der Waals surface area (Å²) in [5.41, 5.74) is 1.35. The Morgan fingerprint density at radius 1 is 1.28 bits per heavy atom. The predicted molar refractivity (Wildman–Crippen MR) is 136 cm³/mol. The first-order valence-electron chi connectivity index (χ1n) is 13.0. The van der Waals surface area contributed by atoms with Gasteiger partial charge in [0, 0.05) is 67.9 Å². The molecule has 0 bridgehead atoms. The van der Waals surface area contributed by atoms with Crippen LogP contribution in [-0.4, -0.2) is 71.4 Å². The minimum atomic E-state index is -3.04. The van der Waals surface area contributed by atoms with Gasteiger partial charge in [-0.3, -0.25) is 19.5 Å². The van der Waals surface area contributed by atoms with Crippen molar-refractivity contribution < 1.29 is 18.4 Å². The van der Waals surface area contributed by atoms with E-state index in [1.807, 2.05) is 20.8 Å².